The monoisotopic (exact) mass is 468 g/mol. The van der Waals surface area contributed by atoms with Crippen LogP contribution in [0.2, 0.25) is 0 Å². The van der Waals surface area contributed by atoms with Crippen LogP contribution in [0, 0.1) is 0 Å². The van der Waals surface area contributed by atoms with Crippen LogP contribution < -0.4 is 4.74 Å². The maximum absolute atomic E-state index is 13.1. The summed E-state index contributed by atoms with van der Waals surface area (Å²) in [4.78, 5) is 20.3. The fraction of sp³-hybridized carbons (Fsp3) is 0.542. The van der Waals surface area contributed by atoms with Crippen molar-refractivity contribution in [1.29, 1.82) is 0 Å². The maximum Gasteiger partial charge on any atom is 0.427 e. The molecule has 0 radical (unpaired) electrons. The second-order valence-corrected chi connectivity index (χ2v) is 7.59. The first kappa shape index (κ1) is 26.6. The van der Waals surface area contributed by atoms with E-state index in [9.17, 15) is 18.0 Å². The van der Waals surface area contributed by atoms with Crippen molar-refractivity contribution in [2.75, 3.05) is 19.8 Å². The second kappa shape index (κ2) is 13.8. The van der Waals surface area contributed by atoms with E-state index in [-0.39, 0.29) is 12.2 Å². The van der Waals surface area contributed by atoms with Crippen molar-refractivity contribution in [1.82, 2.24) is 9.97 Å². The number of halogens is 3. The maximum atomic E-state index is 13.1. The first-order chi connectivity index (χ1) is 15.8. The highest BCUT2D eigenvalue weighted by molar-refractivity contribution is 5.89. The van der Waals surface area contributed by atoms with Gasteiger partial charge >= 0.3 is 12.1 Å². The van der Waals surface area contributed by atoms with Gasteiger partial charge in [0.2, 0.25) is 6.10 Å². The van der Waals surface area contributed by atoms with Gasteiger partial charge in [-0.2, -0.15) is 13.2 Å². The Bertz CT molecular complexity index is 827. The molecule has 1 aromatic carbocycles. The molecular weight excluding hydrogens is 437 g/mol. The molecule has 1 unspecified atom stereocenters. The Kier molecular flexibility index (Phi) is 11.1. The number of aromatic nitrogens is 2. The number of alkyl halides is 3. The molecule has 0 saturated heterocycles. The van der Waals surface area contributed by atoms with Crippen LogP contribution in [-0.2, 0) is 9.47 Å². The highest BCUT2D eigenvalue weighted by atomic mass is 19.4. The predicted molar refractivity (Wildman–Crippen MR) is 118 cm³/mol. The van der Waals surface area contributed by atoms with E-state index in [2.05, 4.69) is 21.6 Å². The van der Waals surface area contributed by atoms with Gasteiger partial charge in [-0.05, 0) is 37.1 Å². The van der Waals surface area contributed by atoms with Gasteiger partial charge in [0, 0.05) is 24.6 Å². The average Bonchev–Trinajstić information content (AvgIpc) is 2.80. The van der Waals surface area contributed by atoms with E-state index in [0.717, 1.165) is 31.0 Å². The number of carbonyl (C=O) groups excluding carboxylic acids is 1. The number of nitrogens with zero attached hydrogens (tertiary/aromatic N) is 2. The molecule has 0 aliphatic carbocycles. The predicted octanol–water partition coefficient (Wildman–Crippen LogP) is 6.01. The van der Waals surface area contributed by atoms with E-state index < -0.39 is 24.9 Å². The number of carbonyl (C=O) groups is 1. The van der Waals surface area contributed by atoms with Crippen LogP contribution in [0.15, 0.2) is 36.7 Å². The first-order valence-corrected chi connectivity index (χ1v) is 11.3. The number of ether oxygens (including phenoxy) is 3. The lowest BCUT2D eigenvalue weighted by molar-refractivity contribution is -0.217. The summed E-state index contributed by atoms with van der Waals surface area (Å²) in [7, 11) is 0. The molecule has 1 aromatic heterocycles. The summed E-state index contributed by atoms with van der Waals surface area (Å²) < 4.78 is 54.5. The normalized spacial score (nSPS) is 12.4. The third kappa shape index (κ3) is 9.37. The zero-order valence-electron chi connectivity index (χ0n) is 19.1. The van der Waals surface area contributed by atoms with Gasteiger partial charge in [0.1, 0.15) is 5.75 Å². The first-order valence-electron chi connectivity index (χ1n) is 11.3. The molecule has 33 heavy (non-hydrogen) atoms. The summed E-state index contributed by atoms with van der Waals surface area (Å²) in [5.74, 6) is -0.0964. The molecule has 0 saturated carbocycles. The molecule has 0 aliphatic heterocycles. The Balaban J connectivity index is 1.91. The lowest BCUT2D eigenvalue weighted by Crippen LogP contribution is -2.38. The highest BCUT2D eigenvalue weighted by Crippen LogP contribution is 2.25. The van der Waals surface area contributed by atoms with Crippen molar-refractivity contribution < 1.29 is 32.2 Å². The molecule has 6 nitrogen and oxygen atoms in total. The van der Waals surface area contributed by atoms with Crippen molar-refractivity contribution in [3.05, 3.63) is 42.2 Å². The smallest absolute Gasteiger partial charge is 0.427 e. The van der Waals surface area contributed by atoms with E-state index in [0.29, 0.717) is 24.4 Å². The molecule has 9 heteroatoms. The van der Waals surface area contributed by atoms with Crippen LogP contribution in [0.5, 0.6) is 5.75 Å². The van der Waals surface area contributed by atoms with Crippen molar-refractivity contribution in [3.63, 3.8) is 0 Å². The van der Waals surface area contributed by atoms with Crippen LogP contribution in [0.3, 0.4) is 0 Å². The van der Waals surface area contributed by atoms with Gasteiger partial charge in [0.05, 0.1) is 18.8 Å². The SMILES string of the molecule is CCCCCCCOc1ccc(-c2ncc(C(=O)OC(COCCC)C(F)(F)F)cn2)cc1. The summed E-state index contributed by atoms with van der Waals surface area (Å²) in [6.07, 6.45) is 1.56. The fourth-order valence-electron chi connectivity index (χ4n) is 2.91. The summed E-state index contributed by atoms with van der Waals surface area (Å²) in [6, 6.07) is 7.17. The zero-order chi connectivity index (χ0) is 24.1. The van der Waals surface area contributed by atoms with Gasteiger partial charge < -0.3 is 14.2 Å². The van der Waals surface area contributed by atoms with Crippen LogP contribution in [0.1, 0.15) is 62.7 Å². The lowest BCUT2D eigenvalue weighted by Gasteiger charge is -2.20. The molecule has 0 N–H and O–H groups in total. The second-order valence-electron chi connectivity index (χ2n) is 7.59. The highest BCUT2D eigenvalue weighted by Gasteiger charge is 2.43. The Hall–Kier alpha value is -2.68. The summed E-state index contributed by atoms with van der Waals surface area (Å²) >= 11 is 0. The van der Waals surface area contributed by atoms with Gasteiger partial charge in [-0.25, -0.2) is 14.8 Å². The molecule has 0 spiro atoms. The third-order valence-electron chi connectivity index (χ3n) is 4.75. The van der Waals surface area contributed by atoms with Gasteiger partial charge in [-0.1, -0.05) is 39.5 Å². The van der Waals surface area contributed by atoms with E-state index in [1.807, 2.05) is 0 Å². The topological polar surface area (TPSA) is 70.5 Å². The number of rotatable bonds is 14. The van der Waals surface area contributed by atoms with Gasteiger partial charge in [0.15, 0.2) is 5.82 Å². The molecule has 2 rings (SSSR count). The van der Waals surface area contributed by atoms with Crippen molar-refractivity contribution in [2.45, 2.75) is 64.7 Å². The minimum atomic E-state index is -4.73. The quantitative estimate of drug-likeness (QED) is 0.250. The average molecular weight is 469 g/mol. The molecule has 0 amide bonds. The van der Waals surface area contributed by atoms with Crippen LogP contribution >= 0.6 is 0 Å². The Morgan fingerprint density at radius 2 is 1.61 bits per heavy atom. The standard InChI is InChI=1S/C24H31F3N2O4/c1-3-5-6-7-8-14-32-20-11-9-18(10-12-20)22-28-15-19(16-29-22)23(30)33-21(24(25,26)27)17-31-13-4-2/h9-12,15-16,21H,3-8,13-14,17H2,1-2H3. The van der Waals surface area contributed by atoms with Crippen molar-refractivity contribution in [3.8, 4) is 17.1 Å². The Morgan fingerprint density at radius 3 is 2.21 bits per heavy atom. The zero-order valence-corrected chi connectivity index (χ0v) is 19.1. The lowest BCUT2D eigenvalue weighted by atomic mass is 10.2. The van der Waals surface area contributed by atoms with Crippen LogP contribution in [0.25, 0.3) is 11.4 Å². The number of esters is 1. The minimum Gasteiger partial charge on any atom is -0.494 e. The molecule has 2 aromatic rings. The summed E-state index contributed by atoms with van der Waals surface area (Å²) in [5.41, 5.74) is 0.512. The number of unbranched alkanes of at least 4 members (excludes halogenated alkanes) is 4. The van der Waals surface area contributed by atoms with E-state index in [1.54, 1.807) is 31.2 Å². The molecule has 1 heterocycles. The Morgan fingerprint density at radius 1 is 0.939 bits per heavy atom. The van der Waals surface area contributed by atoms with E-state index in [4.69, 9.17) is 9.47 Å². The number of hydrogen-bond acceptors (Lipinski definition) is 6. The van der Waals surface area contributed by atoms with Gasteiger partial charge in [0.25, 0.3) is 0 Å². The Labute approximate surface area is 192 Å². The largest absolute Gasteiger partial charge is 0.494 e. The van der Waals surface area contributed by atoms with Crippen LogP contribution in [-0.4, -0.2) is 48.0 Å². The molecule has 0 fully saturated rings. The van der Waals surface area contributed by atoms with E-state index in [1.165, 1.54) is 19.3 Å². The molecule has 0 bridgehead atoms. The summed E-state index contributed by atoms with van der Waals surface area (Å²) in [5, 5.41) is 0. The van der Waals surface area contributed by atoms with Crippen molar-refractivity contribution in [2.24, 2.45) is 0 Å². The minimum absolute atomic E-state index is 0.144. The molecule has 0 aliphatic rings. The number of benzene rings is 1. The van der Waals surface area contributed by atoms with Gasteiger partial charge in [-0.3, -0.25) is 0 Å². The van der Waals surface area contributed by atoms with Gasteiger partial charge in [-0.15, -0.1) is 0 Å². The van der Waals surface area contributed by atoms with E-state index >= 15 is 0 Å². The van der Waals surface area contributed by atoms with Crippen LogP contribution in [0.4, 0.5) is 13.2 Å². The molecule has 182 valence electrons. The number of hydrogen-bond donors (Lipinski definition) is 0. The third-order valence-corrected chi connectivity index (χ3v) is 4.75. The molecular formula is C24H31F3N2O4. The summed E-state index contributed by atoms with van der Waals surface area (Å²) in [6.45, 7) is 3.98. The fourth-order valence-corrected chi connectivity index (χ4v) is 2.91. The molecule has 1 atom stereocenters. The van der Waals surface area contributed by atoms with Crippen molar-refractivity contribution >= 4 is 5.97 Å².